The van der Waals surface area contributed by atoms with E-state index in [9.17, 15) is 10.1 Å². The van der Waals surface area contributed by atoms with Crippen LogP contribution in [0.4, 0.5) is 0 Å². The highest BCUT2D eigenvalue weighted by Gasteiger charge is 2.11. The molecule has 1 aromatic heterocycles. The fourth-order valence-electron chi connectivity index (χ4n) is 2.53. The monoisotopic (exact) mass is 394 g/mol. The lowest BCUT2D eigenvalue weighted by molar-refractivity contribution is 0.306. The van der Waals surface area contributed by atoms with Crippen molar-refractivity contribution in [1.82, 2.24) is 4.98 Å². The fraction of sp³-hybridized carbons (Fsp3) is 0.100. The van der Waals surface area contributed by atoms with Gasteiger partial charge in [-0.2, -0.15) is 5.26 Å². The highest BCUT2D eigenvalue weighted by atomic mass is 79.9. The number of benzene rings is 2. The minimum atomic E-state index is -0.376. The highest BCUT2D eigenvalue weighted by Crippen LogP contribution is 2.26. The predicted octanol–water partition coefficient (Wildman–Crippen LogP) is 4.56. The molecular formula is C20H15BrN2O2. The molecule has 0 fully saturated rings. The van der Waals surface area contributed by atoms with E-state index in [0.29, 0.717) is 23.6 Å². The molecule has 0 aliphatic rings. The lowest BCUT2D eigenvalue weighted by atomic mass is 10.0. The van der Waals surface area contributed by atoms with Gasteiger partial charge in [0.2, 0.25) is 0 Å². The number of H-pyrrole nitrogens is 1. The summed E-state index contributed by atoms with van der Waals surface area (Å²) >= 11 is 3.41. The Bertz CT molecular complexity index is 1000. The number of nitrogens with one attached hydrogen (secondary N) is 1. The molecule has 1 N–H and O–H groups in total. The Morgan fingerprint density at radius 1 is 1.16 bits per heavy atom. The van der Waals surface area contributed by atoms with Crippen molar-refractivity contribution in [2.75, 3.05) is 0 Å². The van der Waals surface area contributed by atoms with Gasteiger partial charge in [-0.1, -0.05) is 40.2 Å². The molecule has 0 atom stereocenters. The van der Waals surface area contributed by atoms with Gasteiger partial charge in [0.1, 0.15) is 24.0 Å². The molecule has 0 saturated heterocycles. The van der Waals surface area contributed by atoms with Gasteiger partial charge in [0, 0.05) is 15.7 Å². The van der Waals surface area contributed by atoms with Gasteiger partial charge in [0.15, 0.2) is 0 Å². The maximum Gasteiger partial charge on any atom is 0.266 e. The first-order valence-corrected chi connectivity index (χ1v) is 8.48. The molecule has 0 unspecified atom stereocenters. The number of aromatic amines is 1. The summed E-state index contributed by atoms with van der Waals surface area (Å²) in [7, 11) is 0. The molecule has 0 aliphatic carbocycles. The van der Waals surface area contributed by atoms with E-state index in [1.54, 1.807) is 13.0 Å². The van der Waals surface area contributed by atoms with Crippen LogP contribution >= 0.6 is 15.9 Å². The number of aryl methyl sites for hydroxylation is 1. The number of hydrogen-bond acceptors (Lipinski definition) is 3. The Kier molecular flexibility index (Phi) is 5.01. The summed E-state index contributed by atoms with van der Waals surface area (Å²) < 4.78 is 6.86. The third-order valence-corrected chi connectivity index (χ3v) is 4.27. The topological polar surface area (TPSA) is 65.9 Å². The molecule has 0 radical (unpaired) electrons. The molecule has 3 aromatic rings. The standard InChI is InChI=1S/C20H15BrN2O2/c1-13-9-18(19(11-22)20(24)23-13)15-3-2-4-17(10-15)25-12-14-5-7-16(21)8-6-14/h2-10H,12H2,1H3,(H,23,24). The van der Waals surface area contributed by atoms with Crippen molar-refractivity contribution < 1.29 is 4.74 Å². The van der Waals surface area contributed by atoms with Crippen LogP contribution in [0.25, 0.3) is 11.1 Å². The normalized spacial score (nSPS) is 10.3. The van der Waals surface area contributed by atoms with Gasteiger partial charge in [-0.3, -0.25) is 4.79 Å². The Balaban J connectivity index is 1.89. The summed E-state index contributed by atoms with van der Waals surface area (Å²) in [5.41, 5.74) is 2.88. The molecule has 25 heavy (non-hydrogen) atoms. The van der Waals surface area contributed by atoms with Gasteiger partial charge < -0.3 is 9.72 Å². The first-order valence-electron chi connectivity index (χ1n) is 7.68. The van der Waals surface area contributed by atoms with Gasteiger partial charge in [-0.05, 0) is 48.4 Å². The predicted molar refractivity (Wildman–Crippen MR) is 100 cm³/mol. The average molecular weight is 395 g/mol. The Labute approximate surface area is 153 Å². The van der Waals surface area contributed by atoms with Crippen molar-refractivity contribution in [1.29, 1.82) is 5.26 Å². The Hall–Kier alpha value is -2.84. The van der Waals surface area contributed by atoms with E-state index >= 15 is 0 Å². The van der Waals surface area contributed by atoms with Crippen LogP contribution < -0.4 is 10.3 Å². The maximum absolute atomic E-state index is 12.0. The molecule has 0 bridgehead atoms. The number of aromatic nitrogens is 1. The summed E-state index contributed by atoms with van der Waals surface area (Å²) in [5, 5.41) is 9.29. The van der Waals surface area contributed by atoms with E-state index in [-0.39, 0.29) is 11.1 Å². The number of hydrogen-bond donors (Lipinski definition) is 1. The number of nitrogens with zero attached hydrogens (tertiary/aromatic N) is 1. The smallest absolute Gasteiger partial charge is 0.266 e. The zero-order valence-electron chi connectivity index (χ0n) is 13.5. The van der Waals surface area contributed by atoms with Gasteiger partial charge in [0.05, 0.1) is 0 Å². The Morgan fingerprint density at radius 2 is 1.92 bits per heavy atom. The van der Waals surface area contributed by atoms with Crippen LogP contribution in [0, 0.1) is 18.3 Å². The van der Waals surface area contributed by atoms with E-state index in [2.05, 4.69) is 20.9 Å². The summed E-state index contributed by atoms with van der Waals surface area (Å²) in [6.45, 7) is 2.23. The van der Waals surface area contributed by atoms with Crippen molar-refractivity contribution >= 4 is 15.9 Å². The van der Waals surface area contributed by atoms with Crippen molar-refractivity contribution in [2.24, 2.45) is 0 Å². The summed E-state index contributed by atoms with van der Waals surface area (Å²) in [4.78, 5) is 14.6. The quantitative estimate of drug-likeness (QED) is 0.704. The van der Waals surface area contributed by atoms with E-state index in [4.69, 9.17) is 4.74 Å². The molecule has 0 saturated carbocycles. The second-order valence-electron chi connectivity index (χ2n) is 5.62. The first-order chi connectivity index (χ1) is 12.1. The van der Waals surface area contributed by atoms with Crippen LogP contribution in [0.15, 0.2) is 63.9 Å². The summed E-state index contributed by atoms with van der Waals surface area (Å²) in [6.07, 6.45) is 0. The zero-order chi connectivity index (χ0) is 17.8. The summed E-state index contributed by atoms with van der Waals surface area (Å²) in [6, 6.07) is 19.1. The van der Waals surface area contributed by atoms with Crippen LogP contribution in [-0.2, 0) is 6.61 Å². The zero-order valence-corrected chi connectivity index (χ0v) is 15.1. The van der Waals surface area contributed by atoms with Crippen LogP contribution in [0.5, 0.6) is 5.75 Å². The van der Waals surface area contributed by atoms with E-state index < -0.39 is 0 Å². The van der Waals surface area contributed by atoms with Crippen LogP contribution in [-0.4, -0.2) is 4.98 Å². The third-order valence-electron chi connectivity index (χ3n) is 3.74. The van der Waals surface area contributed by atoms with E-state index in [0.717, 1.165) is 15.6 Å². The first kappa shape index (κ1) is 17.0. The second kappa shape index (κ2) is 7.37. The third kappa shape index (κ3) is 3.98. The fourth-order valence-corrected chi connectivity index (χ4v) is 2.79. The molecule has 5 heteroatoms. The van der Waals surface area contributed by atoms with Gasteiger partial charge >= 0.3 is 0 Å². The lowest BCUT2D eigenvalue weighted by Gasteiger charge is -2.10. The number of nitriles is 1. The molecule has 0 spiro atoms. The molecular weight excluding hydrogens is 380 g/mol. The number of rotatable bonds is 4. The maximum atomic E-state index is 12.0. The van der Waals surface area contributed by atoms with Crippen LogP contribution in [0.3, 0.4) is 0 Å². The molecule has 124 valence electrons. The number of pyridine rings is 1. The molecule has 3 rings (SSSR count). The molecule has 4 nitrogen and oxygen atoms in total. The summed E-state index contributed by atoms with van der Waals surface area (Å²) in [5.74, 6) is 0.683. The average Bonchev–Trinajstić information content (AvgIpc) is 2.61. The van der Waals surface area contributed by atoms with Crippen LogP contribution in [0.2, 0.25) is 0 Å². The van der Waals surface area contributed by atoms with Crippen LogP contribution in [0.1, 0.15) is 16.8 Å². The van der Waals surface area contributed by atoms with Crippen molar-refractivity contribution in [3.8, 4) is 22.9 Å². The minimum absolute atomic E-state index is 0.107. The highest BCUT2D eigenvalue weighted by molar-refractivity contribution is 9.10. The van der Waals surface area contributed by atoms with Gasteiger partial charge in [-0.15, -0.1) is 0 Å². The number of halogens is 1. The van der Waals surface area contributed by atoms with Crippen molar-refractivity contribution in [3.63, 3.8) is 0 Å². The minimum Gasteiger partial charge on any atom is -0.489 e. The SMILES string of the molecule is Cc1cc(-c2cccc(OCc3ccc(Br)cc3)c2)c(C#N)c(=O)[nH]1. The Morgan fingerprint density at radius 3 is 2.64 bits per heavy atom. The molecule has 1 heterocycles. The number of ether oxygens (including phenoxy) is 1. The lowest BCUT2D eigenvalue weighted by Crippen LogP contribution is -2.12. The molecule has 2 aromatic carbocycles. The van der Waals surface area contributed by atoms with Gasteiger partial charge in [-0.25, -0.2) is 0 Å². The second-order valence-corrected chi connectivity index (χ2v) is 6.54. The van der Waals surface area contributed by atoms with Crippen molar-refractivity contribution in [3.05, 3.63) is 86.2 Å². The van der Waals surface area contributed by atoms with E-state index in [1.165, 1.54) is 0 Å². The van der Waals surface area contributed by atoms with Crippen molar-refractivity contribution in [2.45, 2.75) is 13.5 Å². The molecule has 0 aliphatic heterocycles. The van der Waals surface area contributed by atoms with Gasteiger partial charge in [0.25, 0.3) is 5.56 Å². The van der Waals surface area contributed by atoms with E-state index in [1.807, 2.05) is 54.6 Å². The largest absolute Gasteiger partial charge is 0.489 e. The molecule has 0 amide bonds.